The van der Waals surface area contributed by atoms with E-state index in [1.165, 1.54) is 5.56 Å². The van der Waals surface area contributed by atoms with Crippen LogP contribution in [0.5, 0.6) is 0 Å². The van der Waals surface area contributed by atoms with Gasteiger partial charge in [-0.15, -0.1) is 11.3 Å². The van der Waals surface area contributed by atoms with E-state index in [0.717, 1.165) is 31.9 Å². The van der Waals surface area contributed by atoms with E-state index in [-0.39, 0.29) is 0 Å². The van der Waals surface area contributed by atoms with Gasteiger partial charge < -0.3 is 4.98 Å². The quantitative estimate of drug-likeness (QED) is 0.735. The van der Waals surface area contributed by atoms with Crippen molar-refractivity contribution in [3.8, 4) is 10.7 Å². The van der Waals surface area contributed by atoms with Gasteiger partial charge >= 0.3 is 0 Å². The lowest BCUT2D eigenvalue weighted by molar-refractivity contribution is 1.14. The van der Waals surface area contributed by atoms with Crippen LogP contribution in [0.4, 0.5) is 0 Å². The third-order valence-corrected chi connectivity index (χ3v) is 4.39. The molecule has 0 fully saturated rings. The molecule has 0 radical (unpaired) electrons. The summed E-state index contributed by atoms with van der Waals surface area (Å²) in [5, 5.41) is 0. The fourth-order valence-corrected chi connectivity index (χ4v) is 3.17. The zero-order valence-corrected chi connectivity index (χ0v) is 11.7. The van der Waals surface area contributed by atoms with E-state index < -0.39 is 0 Å². The summed E-state index contributed by atoms with van der Waals surface area (Å²) in [7, 11) is 0. The maximum Gasteiger partial charge on any atom is 0.148 e. The van der Waals surface area contributed by atoms with Gasteiger partial charge in [-0.1, -0.05) is 13.0 Å². The number of aromatic nitrogens is 2. The number of H-pyrrole nitrogens is 1. The molecule has 3 aromatic rings. The topological polar surface area (TPSA) is 28.7 Å². The van der Waals surface area contributed by atoms with E-state index in [0.29, 0.717) is 0 Å². The van der Waals surface area contributed by atoms with Gasteiger partial charge in [0.1, 0.15) is 5.82 Å². The molecule has 0 unspecified atom stereocenters. The Labute approximate surface area is 112 Å². The Morgan fingerprint density at radius 1 is 1.29 bits per heavy atom. The van der Waals surface area contributed by atoms with Crippen LogP contribution in [0, 0.1) is 0 Å². The molecule has 0 bridgehead atoms. The maximum atomic E-state index is 4.61. The van der Waals surface area contributed by atoms with Crippen LogP contribution in [0.1, 0.15) is 12.5 Å². The number of thiophene rings is 1. The number of imidazole rings is 1. The number of rotatable bonds is 2. The van der Waals surface area contributed by atoms with Gasteiger partial charge in [0.15, 0.2) is 0 Å². The summed E-state index contributed by atoms with van der Waals surface area (Å²) in [4.78, 5) is 9.14. The molecule has 3 rings (SSSR count). The van der Waals surface area contributed by atoms with E-state index in [2.05, 4.69) is 57.1 Å². The second kappa shape index (κ2) is 4.27. The third kappa shape index (κ3) is 2.03. The third-order valence-electron chi connectivity index (χ3n) is 2.76. The molecule has 0 atom stereocenters. The average Bonchev–Trinajstić information content (AvgIpc) is 2.93. The summed E-state index contributed by atoms with van der Waals surface area (Å²) < 4.78 is 1.13. The first-order valence-corrected chi connectivity index (χ1v) is 7.11. The van der Waals surface area contributed by atoms with Crippen LogP contribution in [0.15, 0.2) is 34.1 Å². The van der Waals surface area contributed by atoms with Gasteiger partial charge in [0.2, 0.25) is 0 Å². The van der Waals surface area contributed by atoms with Gasteiger partial charge in [0.05, 0.1) is 19.7 Å². The summed E-state index contributed by atoms with van der Waals surface area (Å²) in [6.07, 6.45) is 1.05. The molecular weight excluding hydrogens is 296 g/mol. The maximum absolute atomic E-state index is 4.61. The van der Waals surface area contributed by atoms with Crippen LogP contribution in [-0.2, 0) is 6.42 Å². The van der Waals surface area contributed by atoms with E-state index in [1.807, 2.05) is 6.07 Å². The van der Waals surface area contributed by atoms with Crippen molar-refractivity contribution in [1.82, 2.24) is 9.97 Å². The summed E-state index contributed by atoms with van der Waals surface area (Å²) in [6, 6.07) is 10.5. The van der Waals surface area contributed by atoms with Gasteiger partial charge in [-0.3, -0.25) is 0 Å². The lowest BCUT2D eigenvalue weighted by Gasteiger charge is -1.93. The number of aryl methyl sites for hydroxylation is 1. The molecule has 0 saturated carbocycles. The number of fused-ring (bicyclic) bond motifs is 1. The van der Waals surface area contributed by atoms with E-state index in [9.17, 15) is 0 Å². The zero-order valence-electron chi connectivity index (χ0n) is 9.33. The Balaban J connectivity index is 2.13. The Kier molecular flexibility index (Phi) is 2.76. The van der Waals surface area contributed by atoms with Crippen LogP contribution in [0.3, 0.4) is 0 Å². The first-order valence-electron chi connectivity index (χ1n) is 5.50. The monoisotopic (exact) mass is 306 g/mol. The molecule has 0 saturated heterocycles. The van der Waals surface area contributed by atoms with Crippen molar-refractivity contribution in [2.75, 3.05) is 0 Å². The van der Waals surface area contributed by atoms with Crippen LogP contribution >= 0.6 is 27.3 Å². The van der Waals surface area contributed by atoms with Crippen LogP contribution in [0.2, 0.25) is 0 Å². The van der Waals surface area contributed by atoms with Crippen molar-refractivity contribution in [3.63, 3.8) is 0 Å². The van der Waals surface area contributed by atoms with E-state index in [1.54, 1.807) is 11.3 Å². The summed E-state index contributed by atoms with van der Waals surface area (Å²) in [6.45, 7) is 2.16. The molecule has 2 heterocycles. The normalized spacial score (nSPS) is 11.2. The highest BCUT2D eigenvalue weighted by atomic mass is 79.9. The first kappa shape index (κ1) is 11.0. The number of hydrogen-bond acceptors (Lipinski definition) is 2. The summed E-state index contributed by atoms with van der Waals surface area (Å²) in [5.41, 5.74) is 3.48. The van der Waals surface area contributed by atoms with Crippen molar-refractivity contribution in [2.24, 2.45) is 0 Å². The lowest BCUT2D eigenvalue weighted by Crippen LogP contribution is -1.78. The SMILES string of the molecule is CCc1ccc2nc(-c3ccc(Br)s3)[nH]c2c1. The number of nitrogens with zero attached hydrogens (tertiary/aromatic N) is 1. The first-order chi connectivity index (χ1) is 8.26. The number of nitrogens with one attached hydrogen (secondary N) is 1. The molecule has 86 valence electrons. The highest BCUT2D eigenvalue weighted by Gasteiger charge is 2.07. The number of hydrogen-bond donors (Lipinski definition) is 1. The van der Waals surface area contributed by atoms with Crippen LogP contribution in [-0.4, -0.2) is 9.97 Å². The molecular formula is C13H11BrN2S. The van der Waals surface area contributed by atoms with E-state index >= 15 is 0 Å². The van der Waals surface area contributed by atoms with Gasteiger partial charge in [-0.2, -0.15) is 0 Å². The molecule has 0 aliphatic heterocycles. The molecule has 0 aliphatic rings. The highest BCUT2D eigenvalue weighted by molar-refractivity contribution is 9.11. The molecule has 17 heavy (non-hydrogen) atoms. The molecule has 2 nitrogen and oxygen atoms in total. The molecule has 0 spiro atoms. The Morgan fingerprint density at radius 2 is 2.18 bits per heavy atom. The van der Waals surface area contributed by atoms with E-state index in [4.69, 9.17) is 0 Å². The minimum atomic E-state index is 0.948. The predicted octanol–water partition coefficient (Wildman–Crippen LogP) is 4.62. The number of halogens is 1. The van der Waals surface area contributed by atoms with Crippen LogP contribution < -0.4 is 0 Å². The van der Waals surface area contributed by atoms with Gasteiger partial charge in [-0.25, -0.2) is 4.98 Å². The molecule has 4 heteroatoms. The van der Waals surface area contributed by atoms with Crippen molar-refractivity contribution in [3.05, 3.63) is 39.7 Å². The van der Waals surface area contributed by atoms with Gasteiger partial charge in [-0.05, 0) is 52.2 Å². The Hall–Kier alpha value is -1.13. The lowest BCUT2D eigenvalue weighted by atomic mass is 10.1. The summed E-state index contributed by atoms with van der Waals surface area (Å²) in [5.74, 6) is 0.948. The summed E-state index contributed by atoms with van der Waals surface area (Å²) >= 11 is 5.16. The molecule has 1 aromatic carbocycles. The average molecular weight is 307 g/mol. The van der Waals surface area contributed by atoms with Gasteiger partial charge in [0, 0.05) is 0 Å². The second-order valence-electron chi connectivity index (χ2n) is 3.89. The number of benzene rings is 1. The van der Waals surface area contributed by atoms with Crippen molar-refractivity contribution < 1.29 is 0 Å². The fourth-order valence-electron chi connectivity index (χ4n) is 1.83. The Bertz CT molecular complexity index is 669. The van der Waals surface area contributed by atoms with Crippen molar-refractivity contribution >= 4 is 38.3 Å². The van der Waals surface area contributed by atoms with Gasteiger partial charge in [0.25, 0.3) is 0 Å². The predicted molar refractivity (Wildman–Crippen MR) is 76.5 cm³/mol. The molecule has 2 aromatic heterocycles. The van der Waals surface area contributed by atoms with Crippen molar-refractivity contribution in [2.45, 2.75) is 13.3 Å². The minimum Gasteiger partial charge on any atom is -0.337 e. The van der Waals surface area contributed by atoms with Crippen LogP contribution in [0.25, 0.3) is 21.7 Å². The highest BCUT2D eigenvalue weighted by Crippen LogP contribution is 2.30. The standard InChI is InChI=1S/C13H11BrN2S/c1-2-8-3-4-9-10(7-8)16-13(15-9)11-5-6-12(14)17-11/h3-7H,2H2,1H3,(H,15,16). The largest absolute Gasteiger partial charge is 0.337 e. The second-order valence-corrected chi connectivity index (χ2v) is 6.36. The minimum absolute atomic E-state index is 0.948. The molecule has 0 aliphatic carbocycles. The zero-order chi connectivity index (χ0) is 11.8. The fraction of sp³-hybridized carbons (Fsp3) is 0.154. The molecule has 1 N–H and O–H groups in total. The smallest absolute Gasteiger partial charge is 0.148 e. The van der Waals surface area contributed by atoms with Crippen molar-refractivity contribution in [1.29, 1.82) is 0 Å². The Morgan fingerprint density at radius 3 is 2.88 bits per heavy atom. The molecule has 0 amide bonds. The number of aromatic amines is 1.